The van der Waals surface area contributed by atoms with Gasteiger partial charge in [-0.3, -0.25) is 4.72 Å². The maximum absolute atomic E-state index is 11.4. The molecule has 0 fully saturated rings. The van der Waals surface area contributed by atoms with Crippen LogP contribution in [0.4, 0.5) is 4.79 Å². The zero-order valence-corrected chi connectivity index (χ0v) is 8.98. The van der Waals surface area contributed by atoms with Gasteiger partial charge in [-0.2, -0.15) is 0 Å². The molecule has 1 amide bonds. The van der Waals surface area contributed by atoms with Crippen LogP contribution in [0.25, 0.3) is 0 Å². The lowest BCUT2D eigenvalue weighted by molar-refractivity contribution is 0.265. The number of hydrogen-bond donors (Lipinski definition) is 1. The molecule has 0 aliphatic carbocycles. The van der Waals surface area contributed by atoms with Crippen LogP contribution < -0.4 is 4.72 Å². The summed E-state index contributed by atoms with van der Waals surface area (Å²) < 4.78 is 24.4. The van der Waals surface area contributed by atoms with E-state index in [1.54, 1.807) is 16.9 Å². The van der Waals surface area contributed by atoms with Crippen molar-refractivity contribution in [1.29, 1.82) is 0 Å². The minimum atomic E-state index is -3.78. The van der Waals surface area contributed by atoms with Gasteiger partial charge in [0.2, 0.25) is 0 Å². The number of carbonyl (C=O) groups is 1. The van der Waals surface area contributed by atoms with Crippen LogP contribution in [0.1, 0.15) is 5.56 Å². The lowest BCUT2D eigenvalue weighted by Gasteiger charge is -2.08. The Morgan fingerprint density at radius 1 is 1.29 bits per heavy atom. The summed E-state index contributed by atoms with van der Waals surface area (Å²) >= 11 is 4.12. The van der Waals surface area contributed by atoms with Gasteiger partial charge in [-0.05, 0) is 19.1 Å². The quantitative estimate of drug-likeness (QED) is 0.768. The van der Waals surface area contributed by atoms with Gasteiger partial charge >= 0.3 is 0 Å². The van der Waals surface area contributed by atoms with E-state index in [2.05, 4.69) is 12.6 Å². The summed E-state index contributed by atoms with van der Waals surface area (Å²) in [5, 5.41) is -1.01. The van der Waals surface area contributed by atoms with Crippen molar-refractivity contribution in [2.45, 2.75) is 11.8 Å². The Hall–Kier alpha value is -1.14. The van der Waals surface area contributed by atoms with Crippen molar-refractivity contribution in [2.75, 3.05) is 0 Å². The van der Waals surface area contributed by atoms with Gasteiger partial charge in [0.05, 0.1) is 4.90 Å². The van der Waals surface area contributed by atoms with Crippen molar-refractivity contribution < 1.29 is 13.2 Å². The molecule has 0 unspecified atom stereocenters. The number of carbonyl (C=O) groups excluding carboxylic acids is 1. The number of hydrogen-bond acceptors (Lipinski definition) is 4. The zero-order chi connectivity index (χ0) is 10.8. The largest absolute Gasteiger partial charge is 0.718 e. The SMILES string of the molecule is Cc1ccc(S(=O)(=O)NC(=O)[S-])cc1. The van der Waals surface area contributed by atoms with E-state index >= 15 is 0 Å². The van der Waals surface area contributed by atoms with Crippen molar-refractivity contribution in [3.63, 3.8) is 0 Å². The van der Waals surface area contributed by atoms with Gasteiger partial charge in [-0.25, -0.2) is 8.42 Å². The number of aryl methyl sites for hydroxylation is 1. The second kappa shape index (κ2) is 3.93. The number of amides is 1. The third kappa shape index (κ3) is 2.68. The molecule has 1 rings (SSSR count). The van der Waals surface area contributed by atoms with Crippen LogP contribution in [0.3, 0.4) is 0 Å². The fraction of sp³-hybridized carbons (Fsp3) is 0.125. The predicted octanol–water partition coefficient (Wildman–Crippen LogP) is 0.940. The van der Waals surface area contributed by atoms with E-state index in [4.69, 9.17) is 0 Å². The van der Waals surface area contributed by atoms with Gasteiger partial charge in [-0.15, -0.1) is 0 Å². The van der Waals surface area contributed by atoms with Gasteiger partial charge in [-0.1, -0.05) is 17.7 Å². The lowest BCUT2D eigenvalue weighted by Crippen LogP contribution is -2.27. The van der Waals surface area contributed by atoms with E-state index in [0.29, 0.717) is 0 Å². The average molecular weight is 230 g/mol. The molecular formula is C8H8NO3S2-. The number of benzene rings is 1. The first kappa shape index (κ1) is 10.9. The second-order valence-corrected chi connectivity index (χ2v) is 4.76. The monoisotopic (exact) mass is 230 g/mol. The molecule has 0 aromatic heterocycles. The molecule has 14 heavy (non-hydrogen) atoms. The Labute approximate surface area is 87.8 Å². The van der Waals surface area contributed by atoms with Gasteiger partial charge in [0.15, 0.2) is 0 Å². The summed E-state index contributed by atoms with van der Waals surface area (Å²) in [6.45, 7) is 1.84. The first-order valence-electron chi connectivity index (χ1n) is 3.72. The topological polar surface area (TPSA) is 63.2 Å². The molecule has 0 aliphatic heterocycles. The molecule has 0 radical (unpaired) electrons. The molecule has 1 N–H and O–H groups in total. The fourth-order valence-electron chi connectivity index (χ4n) is 0.886. The number of sulfonamides is 1. The van der Waals surface area contributed by atoms with Crippen molar-refractivity contribution in [1.82, 2.24) is 4.72 Å². The summed E-state index contributed by atoms with van der Waals surface area (Å²) in [5.41, 5.74) is 0.939. The van der Waals surface area contributed by atoms with E-state index < -0.39 is 15.3 Å². The van der Waals surface area contributed by atoms with E-state index in [0.717, 1.165) is 5.56 Å². The number of nitrogens with one attached hydrogen (secondary N) is 1. The minimum absolute atomic E-state index is 0.0290. The summed E-state index contributed by atoms with van der Waals surface area (Å²) in [7, 11) is -3.78. The van der Waals surface area contributed by atoms with Crippen LogP contribution >= 0.6 is 0 Å². The van der Waals surface area contributed by atoms with Crippen molar-refractivity contribution in [3.8, 4) is 0 Å². The Balaban J connectivity index is 3.05. The third-order valence-corrected chi connectivity index (χ3v) is 3.13. The van der Waals surface area contributed by atoms with E-state index in [-0.39, 0.29) is 4.90 Å². The lowest BCUT2D eigenvalue weighted by atomic mass is 10.2. The Morgan fingerprint density at radius 3 is 2.21 bits per heavy atom. The van der Waals surface area contributed by atoms with Crippen molar-refractivity contribution >= 4 is 27.9 Å². The molecule has 4 nitrogen and oxygen atoms in total. The summed E-state index contributed by atoms with van der Waals surface area (Å²) in [5.74, 6) is 0. The smallest absolute Gasteiger partial charge is 0.262 e. The highest BCUT2D eigenvalue weighted by atomic mass is 32.2. The van der Waals surface area contributed by atoms with E-state index in [1.807, 2.05) is 6.92 Å². The standard InChI is InChI=1S/C8H9NO3S2/c1-6-2-4-7(5-3-6)14(11,12)9-8(10)13/h2-5H,1H3,(H2,9,10,13)/p-1. The average Bonchev–Trinajstić information content (AvgIpc) is 2.02. The van der Waals surface area contributed by atoms with Gasteiger partial charge < -0.3 is 17.4 Å². The van der Waals surface area contributed by atoms with Gasteiger partial charge in [0, 0.05) is 0 Å². The number of rotatable bonds is 2. The van der Waals surface area contributed by atoms with Crippen LogP contribution in [0, 0.1) is 6.92 Å². The third-order valence-electron chi connectivity index (χ3n) is 1.55. The second-order valence-electron chi connectivity index (χ2n) is 2.71. The summed E-state index contributed by atoms with van der Waals surface area (Å²) in [6.07, 6.45) is 0. The fourth-order valence-corrected chi connectivity index (χ4v) is 2.05. The molecule has 76 valence electrons. The van der Waals surface area contributed by atoms with Crippen LogP contribution in [0.2, 0.25) is 0 Å². The molecule has 6 heteroatoms. The van der Waals surface area contributed by atoms with Crippen LogP contribution in [0.15, 0.2) is 29.2 Å². The molecule has 0 saturated carbocycles. The van der Waals surface area contributed by atoms with Gasteiger partial charge in [0.1, 0.15) is 5.24 Å². The predicted molar refractivity (Wildman–Crippen MR) is 54.3 cm³/mol. The summed E-state index contributed by atoms with van der Waals surface area (Å²) in [4.78, 5) is 10.5. The molecule has 0 bridgehead atoms. The Kier molecular flexibility index (Phi) is 3.07. The highest BCUT2D eigenvalue weighted by Gasteiger charge is 2.12. The highest BCUT2D eigenvalue weighted by Crippen LogP contribution is 2.09. The maximum atomic E-state index is 11.4. The first-order valence-corrected chi connectivity index (χ1v) is 5.61. The van der Waals surface area contributed by atoms with Crippen LogP contribution in [-0.2, 0) is 22.7 Å². The highest BCUT2D eigenvalue weighted by molar-refractivity contribution is 7.92. The zero-order valence-electron chi connectivity index (χ0n) is 7.35. The molecule has 1 aromatic rings. The maximum Gasteiger partial charge on any atom is 0.262 e. The minimum Gasteiger partial charge on any atom is -0.718 e. The molecular weight excluding hydrogens is 222 g/mol. The van der Waals surface area contributed by atoms with E-state index in [1.165, 1.54) is 12.1 Å². The van der Waals surface area contributed by atoms with Crippen molar-refractivity contribution in [3.05, 3.63) is 29.8 Å². The van der Waals surface area contributed by atoms with Crippen molar-refractivity contribution in [2.24, 2.45) is 0 Å². The molecule has 0 saturated heterocycles. The molecule has 1 aromatic carbocycles. The normalized spacial score (nSPS) is 10.9. The molecule has 0 atom stereocenters. The Bertz CT molecular complexity index is 436. The van der Waals surface area contributed by atoms with Crippen LogP contribution in [0.5, 0.6) is 0 Å². The van der Waals surface area contributed by atoms with Gasteiger partial charge in [0.25, 0.3) is 10.0 Å². The molecule has 0 aliphatic rings. The van der Waals surface area contributed by atoms with Crippen LogP contribution in [-0.4, -0.2) is 13.7 Å². The first-order chi connectivity index (χ1) is 6.42. The Morgan fingerprint density at radius 2 is 1.79 bits per heavy atom. The van der Waals surface area contributed by atoms with E-state index in [9.17, 15) is 13.2 Å². The summed E-state index contributed by atoms with van der Waals surface area (Å²) in [6, 6.07) is 6.11. The molecule has 0 heterocycles. The molecule has 0 spiro atoms.